The number of hydrogen-bond donors (Lipinski definition) is 0. The molecular weight excluding hydrogens is 296 g/mol. The van der Waals surface area contributed by atoms with E-state index in [4.69, 9.17) is 8.37 Å². The summed E-state index contributed by atoms with van der Waals surface area (Å²) in [6.45, 7) is 0. The van der Waals surface area contributed by atoms with Crippen molar-refractivity contribution < 1.29 is 16.8 Å². The van der Waals surface area contributed by atoms with Crippen LogP contribution in [0.1, 0.15) is 38.5 Å². The van der Waals surface area contributed by atoms with Crippen LogP contribution in [0.25, 0.3) is 0 Å². The fraction of sp³-hybridized carbons (Fsp3) is 1.00. The predicted octanol–water partition coefficient (Wildman–Crippen LogP) is 2.38. The number of halogens is 1. The van der Waals surface area contributed by atoms with Crippen molar-refractivity contribution in [1.29, 1.82) is 0 Å². The van der Waals surface area contributed by atoms with Crippen LogP contribution in [0.5, 0.6) is 0 Å². The van der Waals surface area contributed by atoms with Crippen LogP contribution in [-0.2, 0) is 18.8 Å². The van der Waals surface area contributed by atoms with Crippen LogP contribution in [0.2, 0.25) is 0 Å². The minimum Gasteiger partial charge on any atom is -0.244 e. The van der Waals surface area contributed by atoms with Gasteiger partial charge in [-0.25, -0.2) is 8.37 Å². The SMILES string of the molecule is O=S1(=O)O[C@H](CBr)C[C@H](C2CCCCC2)O1. The van der Waals surface area contributed by atoms with Gasteiger partial charge in [-0.15, -0.1) is 0 Å². The van der Waals surface area contributed by atoms with Gasteiger partial charge in [0.25, 0.3) is 0 Å². The Morgan fingerprint density at radius 3 is 2.44 bits per heavy atom. The first-order valence-corrected chi connectivity index (χ1v) is 8.23. The average Bonchev–Trinajstić information content (AvgIpc) is 2.28. The predicted molar refractivity (Wildman–Crippen MR) is 63.7 cm³/mol. The molecule has 0 radical (unpaired) electrons. The highest BCUT2D eigenvalue weighted by atomic mass is 79.9. The molecule has 1 saturated carbocycles. The molecule has 2 rings (SSSR count). The van der Waals surface area contributed by atoms with E-state index in [2.05, 4.69) is 15.9 Å². The first kappa shape index (κ1) is 12.8. The zero-order valence-corrected chi connectivity index (χ0v) is 11.5. The lowest BCUT2D eigenvalue weighted by Gasteiger charge is -2.34. The molecule has 1 aliphatic heterocycles. The van der Waals surface area contributed by atoms with E-state index in [0.29, 0.717) is 17.7 Å². The molecule has 4 nitrogen and oxygen atoms in total. The second-order valence-corrected chi connectivity index (χ2v) is 6.40. The van der Waals surface area contributed by atoms with E-state index in [-0.39, 0.29) is 12.2 Å². The maximum Gasteiger partial charge on any atom is 0.400 e. The monoisotopic (exact) mass is 312 g/mol. The summed E-state index contributed by atoms with van der Waals surface area (Å²) in [5.74, 6) is 0.383. The molecule has 1 saturated heterocycles. The smallest absolute Gasteiger partial charge is 0.244 e. The average molecular weight is 313 g/mol. The van der Waals surface area contributed by atoms with Gasteiger partial charge in [-0.05, 0) is 18.8 Å². The van der Waals surface area contributed by atoms with Crippen LogP contribution >= 0.6 is 15.9 Å². The second-order valence-electron chi connectivity index (χ2n) is 4.55. The van der Waals surface area contributed by atoms with Crippen LogP contribution < -0.4 is 0 Å². The maximum atomic E-state index is 11.4. The number of hydrogen-bond acceptors (Lipinski definition) is 4. The first-order valence-electron chi connectivity index (χ1n) is 5.78. The van der Waals surface area contributed by atoms with E-state index >= 15 is 0 Å². The standard InChI is InChI=1S/C10H17BrO4S/c11-7-9-6-10(15-16(12,13)14-9)8-4-2-1-3-5-8/h8-10H,1-7H2/t9-,10+/m0/s1. The lowest BCUT2D eigenvalue weighted by atomic mass is 9.83. The molecule has 0 N–H and O–H groups in total. The molecule has 16 heavy (non-hydrogen) atoms. The normalized spacial score (nSPS) is 36.1. The van der Waals surface area contributed by atoms with Crippen LogP contribution in [0.3, 0.4) is 0 Å². The minimum atomic E-state index is -3.77. The van der Waals surface area contributed by atoms with Gasteiger partial charge in [0.1, 0.15) is 0 Å². The molecule has 0 aromatic rings. The largest absolute Gasteiger partial charge is 0.400 e. The summed E-state index contributed by atoms with van der Waals surface area (Å²) in [7, 11) is -3.77. The quantitative estimate of drug-likeness (QED) is 0.735. The Kier molecular flexibility index (Phi) is 4.26. The van der Waals surface area contributed by atoms with Crippen molar-refractivity contribution in [3.63, 3.8) is 0 Å². The third kappa shape index (κ3) is 3.18. The third-order valence-corrected chi connectivity index (χ3v) is 5.05. The molecule has 6 heteroatoms. The van der Waals surface area contributed by atoms with Crippen molar-refractivity contribution in [2.75, 3.05) is 5.33 Å². The molecule has 0 unspecified atom stereocenters. The van der Waals surface area contributed by atoms with E-state index < -0.39 is 10.4 Å². The van der Waals surface area contributed by atoms with Crippen molar-refractivity contribution in [1.82, 2.24) is 0 Å². The van der Waals surface area contributed by atoms with Gasteiger partial charge in [0.15, 0.2) is 0 Å². The minimum absolute atomic E-state index is 0.179. The molecular formula is C10H17BrO4S. The van der Waals surface area contributed by atoms with Gasteiger partial charge in [-0.3, -0.25) is 0 Å². The summed E-state index contributed by atoms with van der Waals surface area (Å²) < 4.78 is 32.7. The molecule has 0 spiro atoms. The van der Waals surface area contributed by atoms with E-state index in [0.717, 1.165) is 12.8 Å². The molecule has 94 valence electrons. The Hall–Kier alpha value is 0.350. The van der Waals surface area contributed by atoms with Crippen LogP contribution in [0, 0.1) is 5.92 Å². The Morgan fingerprint density at radius 2 is 1.81 bits per heavy atom. The first-order chi connectivity index (χ1) is 7.61. The lowest BCUT2D eigenvalue weighted by molar-refractivity contribution is 0.0108. The Bertz CT molecular complexity index is 324. The summed E-state index contributed by atoms with van der Waals surface area (Å²) in [6.07, 6.45) is 6.01. The van der Waals surface area contributed by atoms with Crippen LogP contribution in [-0.4, -0.2) is 26.0 Å². The van der Waals surface area contributed by atoms with Crippen molar-refractivity contribution in [3.8, 4) is 0 Å². The molecule has 1 heterocycles. The Labute approximate surface area is 105 Å². The van der Waals surface area contributed by atoms with Crippen molar-refractivity contribution in [3.05, 3.63) is 0 Å². The summed E-state index contributed by atoms with van der Waals surface area (Å²) >= 11 is 3.27. The Balaban J connectivity index is 2.03. The highest BCUT2D eigenvalue weighted by Crippen LogP contribution is 2.34. The molecule has 0 bridgehead atoms. The third-order valence-electron chi connectivity index (χ3n) is 3.34. The molecule has 2 fully saturated rings. The highest BCUT2D eigenvalue weighted by Gasteiger charge is 2.37. The zero-order chi connectivity index (χ0) is 11.6. The number of alkyl halides is 1. The Morgan fingerprint density at radius 1 is 1.12 bits per heavy atom. The topological polar surface area (TPSA) is 52.6 Å². The van der Waals surface area contributed by atoms with Crippen molar-refractivity contribution >= 4 is 26.3 Å². The van der Waals surface area contributed by atoms with E-state index in [1.165, 1.54) is 19.3 Å². The summed E-state index contributed by atoms with van der Waals surface area (Å²) in [6, 6.07) is 0. The molecule has 2 atom stereocenters. The summed E-state index contributed by atoms with van der Waals surface area (Å²) in [4.78, 5) is 0. The summed E-state index contributed by atoms with van der Waals surface area (Å²) in [5.41, 5.74) is 0. The van der Waals surface area contributed by atoms with E-state index in [9.17, 15) is 8.42 Å². The van der Waals surface area contributed by atoms with Gasteiger partial charge in [0.2, 0.25) is 0 Å². The van der Waals surface area contributed by atoms with E-state index in [1.54, 1.807) is 0 Å². The fourth-order valence-corrected chi connectivity index (χ4v) is 4.18. The van der Waals surface area contributed by atoms with Gasteiger partial charge in [0, 0.05) is 11.8 Å². The van der Waals surface area contributed by atoms with Gasteiger partial charge < -0.3 is 0 Å². The van der Waals surface area contributed by atoms with Crippen LogP contribution in [0.4, 0.5) is 0 Å². The van der Waals surface area contributed by atoms with Gasteiger partial charge in [-0.1, -0.05) is 35.2 Å². The van der Waals surface area contributed by atoms with Gasteiger partial charge in [0.05, 0.1) is 12.2 Å². The highest BCUT2D eigenvalue weighted by molar-refractivity contribution is 9.09. The van der Waals surface area contributed by atoms with E-state index in [1.807, 2.05) is 0 Å². The lowest BCUT2D eigenvalue weighted by Crippen LogP contribution is -2.40. The maximum absolute atomic E-state index is 11.4. The molecule has 0 aromatic carbocycles. The zero-order valence-electron chi connectivity index (χ0n) is 9.10. The molecule has 1 aliphatic carbocycles. The van der Waals surface area contributed by atoms with Gasteiger partial charge in [-0.2, -0.15) is 8.42 Å². The van der Waals surface area contributed by atoms with Crippen LogP contribution in [0.15, 0.2) is 0 Å². The second kappa shape index (κ2) is 5.33. The molecule has 2 aliphatic rings. The van der Waals surface area contributed by atoms with Crippen molar-refractivity contribution in [2.24, 2.45) is 5.92 Å². The molecule has 0 aromatic heterocycles. The van der Waals surface area contributed by atoms with Crippen molar-refractivity contribution in [2.45, 2.75) is 50.7 Å². The fourth-order valence-electron chi connectivity index (χ4n) is 2.54. The molecule has 0 amide bonds. The number of rotatable bonds is 2. The van der Waals surface area contributed by atoms with Gasteiger partial charge >= 0.3 is 10.4 Å². The summed E-state index contributed by atoms with van der Waals surface area (Å²) in [5, 5.41) is 0.540.